The minimum Gasteiger partial charge on any atom is -0.456 e. The van der Waals surface area contributed by atoms with Crippen molar-refractivity contribution in [2.45, 2.75) is 0 Å². The zero-order valence-corrected chi connectivity index (χ0v) is 30.4. The highest BCUT2D eigenvalue weighted by molar-refractivity contribution is 6.22. The van der Waals surface area contributed by atoms with Gasteiger partial charge < -0.3 is 13.4 Å². The molecule has 0 radical (unpaired) electrons. The SMILES string of the molecule is c1ccc(-c2nc(-c3ccccc3)nc(-c3cccc4c3oc3cccc(-c5cccc6oc7cccc(-n8c9ccccc9c9ccccc98)c7c56)c34)n2)cc1. The van der Waals surface area contributed by atoms with Gasteiger partial charge in [0.25, 0.3) is 0 Å². The van der Waals surface area contributed by atoms with Gasteiger partial charge in [-0.1, -0.05) is 140 Å². The molecule has 0 fully saturated rings. The van der Waals surface area contributed by atoms with E-state index in [4.69, 9.17) is 23.8 Å². The minimum absolute atomic E-state index is 0.549. The van der Waals surface area contributed by atoms with Gasteiger partial charge in [0, 0.05) is 38.1 Å². The topological polar surface area (TPSA) is 69.9 Å². The summed E-state index contributed by atoms with van der Waals surface area (Å²) in [6.45, 7) is 0. The van der Waals surface area contributed by atoms with Gasteiger partial charge in [0.1, 0.15) is 22.3 Å². The molecule has 4 aromatic heterocycles. The lowest BCUT2D eigenvalue weighted by atomic mass is 9.94. The second kappa shape index (κ2) is 12.3. The number of fused-ring (bicyclic) bond motifs is 9. The van der Waals surface area contributed by atoms with E-state index in [1.807, 2.05) is 72.8 Å². The predicted octanol–water partition coefficient (Wildman–Crippen LogP) is 13.4. The van der Waals surface area contributed by atoms with Gasteiger partial charge in [-0.25, -0.2) is 15.0 Å². The van der Waals surface area contributed by atoms with Crippen molar-refractivity contribution < 1.29 is 8.83 Å². The number of hydrogen-bond donors (Lipinski definition) is 0. The molecule has 266 valence electrons. The maximum atomic E-state index is 6.82. The summed E-state index contributed by atoms with van der Waals surface area (Å²) in [4.78, 5) is 15.0. The van der Waals surface area contributed by atoms with Gasteiger partial charge in [-0.15, -0.1) is 0 Å². The molecule has 0 unspecified atom stereocenters. The van der Waals surface area contributed by atoms with Gasteiger partial charge in [0.05, 0.1) is 27.7 Å². The Hall–Kier alpha value is -7.83. The van der Waals surface area contributed by atoms with E-state index >= 15 is 0 Å². The van der Waals surface area contributed by atoms with Crippen LogP contribution in [0.15, 0.2) is 191 Å². The van der Waals surface area contributed by atoms with Gasteiger partial charge in [-0.2, -0.15) is 0 Å². The van der Waals surface area contributed by atoms with Crippen molar-refractivity contribution in [1.29, 1.82) is 0 Å². The first-order valence-electron chi connectivity index (χ1n) is 19.0. The third-order valence-corrected chi connectivity index (χ3v) is 11.1. The molecule has 0 saturated heterocycles. The summed E-state index contributed by atoms with van der Waals surface area (Å²) in [5.41, 5.74) is 11.3. The molecular weight excluding hydrogens is 701 g/mol. The van der Waals surface area contributed by atoms with Crippen LogP contribution in [0, 0.1) is 0 Å². The van der Waals surface area contributed by atoms with E-state index in [2.05, 4.69) is 114 Å². The molecule has 0 aliphatic heterocycles. The van der Waals surface area contributed by atoms with Crippen LogP contribution in [0.25, 0.3) is 117 Å². The first-order valence-corrected chi connectivity index (χ1v) is 19.0. The van der Waals surface area contributed by atoms with E-state index in [0.29, 0.717) is 17.5 Å². The molecule has 57 heavy (non-hydrogen) atoms. The molecule has 0 amide bonds. The summed E-state index contributed by atoms with van der Waals surface area (Å²) >= 11 is 0. The normalized spacial score (nSPS) is 11.9. The quantitative estimate of drug-likeness (QED) is 0.176. The number of hydrogen-bond acceptors (Lipinski definition) is 5. The third kappa shape index (κ3) is 4.81. The fourth-order valence-electron chi connectivity index (χ4n) is 8.62. The average Bonchev–Trinajstić information content (AvgIpc) is 3.97. The zero-order valence-electron chi connectivity index (χ0n) is 30.4. The molecular formula is C51H30N4O2. The van der Waals surface area contributed by atoms with Crippen molar-refractivity contribution in [1.82, 2.24) is 19.5 Å². The summed E-state index contributed by atoms with van der Waals surface area (Å²) in [6.07, 6.45) is 0. The second-order valence-corrected chi connectivity index (χ2v) is 14.3. The Kier molecular flexibility index (Phi) is 6.83. The zero-order chi connectivity index (χ0) is 37.5. The molecule has 0 aliphatic carbocycles. The number of aromatic nitrogens is 4. The Morgan fingerprint density at radius 2 is 0.807 bits per heavy atom. The summed E-state index contributed by atoms with van der Waals surface area (Å²) in [6, 6.07) is 62.5. The molecule has 4 heterocycles. The molecule has 6 nitrogen and oxygen atoms in total. The van der Waals surface area contributed by atoms with Gasteiger partial charge in [0.15, 0.2) is 17.5 Å². The first-order chi connectivity index (χ1) is 28.3. The molecule has 0 N–H and O–H groups in total. The summed E-state index contributed by atoms with van der Waals surface area (Å²) < 4.78 is 15.9. The van der Waals surface area contributed by atoms with Crippen molar-refractivity contribution >= 4 is 65.7 Å². The van der Waals surface area contributed by atoms with Crippen molar-refractivity contribution in [2.24, 2.45) is 0 Å². The van der Waals surface area contributed by atoms with Crippen LogP contribution in [0.4, 0.5) is 0 Å². The van der Waals surface area contributed by atoms with E-state index in [1.54, 1.807) is 0 Å². The lowest BCUT2D eigenvalue weighted by Crippen LogP contribution is -2.00. The van der Waals surface area contributed by atoms with Crippen LogP contribution >= 0.6 is 0 Å². The van der Waals surface area contributed by atoms with Gasteiger partial charge in [-0.05, 0) is 53.6 Å². The standard InChI is InChI=1S/C51H30N4O2/c1-3-15-31(16-4-1)49-52-50(32-17-5-2-6-18-32)54-51(53-49)38-24-11-23-37-45-35(21-12-28-42(45)57-48(37)38)36-22-13-29-43-46(36)47-41(27-14-30-44(47)56-43)55-39-25-9-7-19-33(39)34-20-8-10-26-40(34)55/h1-30H. The molecule has 0 atom stereocenters. The summed E-state index contributed by atoms with van der Waals surface area (Å²) in [5, 5.41) is 6.55. The Morgan fingerprint density at radius 3 is 1.46 bits per heavy atom. The average molecular weight is 731 g/mol. The Bertz CT molecular complexity index is 3410. The fraction of sp³-hybridized carbons (Fsp3) is 0. The van der Waals surface area contributed by atoms with E-state index < -0.39 is 0 Å². The molecule has 0 aliphatic rings. The highest BCUT2D eigenvalue weighted by Gasteiger charge is 2.23. The van der Waals surface area contributed by atoms with E-state index in [0.717, 1.165) is 88.4 Å². The van der Waals surface area contributed by atoms with Crippen LogP contribution in [-0.2, 0) is 0 Å². The lowest BCUT2D eigenvalue weighted by molar-refractivity contribution is 0.668. The van der Waals surface area contributed by atoms with E-state index in [-0.39, 0.29) is 0 Å². The van der Waals surface area contributed by atoms with Crippen LogP contribution in [0.2, 0.25) is 0 Å². The maximum Gasteiger partial charge on any atom is 0.167 e. The highest BCUT2D eigenvalue weighted by atomic mass is 16.3. The van der Waals surface area contributed by atoms with Crippen LogP contribution in [0.5, 0.6) is 0 Å². The summed E-state index contributed by atoms with van der Waals surface area (Å²) in [5.74, 6) is 1.75. The van der Waals surface area contributed by atoms with Crippen molar-refractivity contribution in [3.8, 4) is 51.0 Å². The van der Waals surface area contributed by atoms with Crippen LogP contribution in [-0.4, -0.2) is 19.5 Å². The molecule has 12 aromatic rings. The van der Waals surface area contributed by atoms with Gasteiger partial charge in [-0.3, -0.25) is 0 Å². The Labute approximate surface area is 325 Å². The monoisotopic (exact) mass is 730 g/mol. The minimum atomic E-state index is 0.549. The Morgan fingerprint density at radius 1 is 0.333 bits per heavy atom. The Balaban J connectivity index is 1.11. The third-order valence-electron chi connectivity index (χ3n) is 11.1. The molecule has 8 aromatic carbocycles. The maximum absolute atomic E-state index is 6.82. The van der Waals surface area contributed by atoms with Crippen LogP contribution < -0.4 is 0 Å². The summed E-state index contributed by atoms with van der Waals surface area (Å²) in [7, 11) is 0. The van der Waals surface area contributed by atoms with Gasteiger partial charge >= 0.3 is 0 Å². The van der Waals surface area contributed by atoms with E-state index in [1.165, 1.54) is 10.8 Å². The smallest absolute Gasteiger partial charge is 0.167 e. The highest BCUT2D eigenvalue weighted by Crippen LogP contribution is 2.46. The number of para-hydroxylation sites is 3. The van der Waals surface area contributed by atoms with Crippen LogP contribution in [0.3, 0.4) is 0 Å². The van der Waals surface area contributed by atoms with Crippen molar-refractivity contribution in [2.75, 3.05) is 0 Å². The van der Waals surface area contributed by atoms with Crippen molar-refractivity contribution in [3.63, 3.8) is 0 Å². The predicted molar refractivity (Wildman–Crippen MR) is 230 cm³/mol. The number of benzene rings is 8. The number of rotatable bonds is 5. The van der Waals surface area contributed by atoms with Crippen molar-refractivity contribution in [3.05, 3.63) is 182 Å². The lowest BCUT2D eigenvalue weighted by Gasteiger charge is -2.11. The molecule has 6 heteroatoms. The van der Waals surface area contributed by atoms with Crippen LogP contribution in [0.1, 0.15) is 0 Å². The fourth-order valence-corrected chi connectivity index (χ4v) is 8.62. The first kappa shape index (κ1) is 31.5. The van der Waals surface area contributed by atoms with Gasteiger partial charge in [0.2, 0.25) is 0 Å². The van der Waals surface area contributed by atoms with E-state index in [9.17, 15) is 0 Å². The largest absolute Gasteiger partial charge is 0.456 e. The molecule has 12 rings (SSSR count). The number of nitrogens with zero attached hydrogens (tertiary/aromatic N) is 4. The molecule has 0 bridgehead atoms. The number of furan rings is 2. The molecule has 0 saturated carbocycles. The molecule has 0 spiro atoms. The second-order valence-electron chi connectivity index (χ2n) is 14.3.